The Labute approximate surface area is 169 Å². The Hall–Kier alpha value is -2.82. The molecule has 0 radical (unpaired) electrons. The monoisotopic (exact) mass is 414 g/mol. The van der Waals surface area contributed by atoms with E-state index in [4.69, 9.17) is 5.11 Å². The van der Waals surface area contributed by atoms with Gasteiger partial charge in [0.2, 0.25) is 0 Å². The lowest BCUT2D eigenvalue weighted by molar-refractivity contribution is -0.404. The van der Waals surface area contributed by atoms with E-state index in [-0.39, 0.29) is 0 Å². The molecule has 1 aromatic rings. The number of unbranched alkanes of at least 4 members (excludes halogenated alkanes) is 3. The van der Waals surface area contributed by atoms with Gasteiger partial charge in [0.1, 0.15) is 0 Å². The van der Waals surface area contributed by atoms with Gasteiger partial charge >= 0.3 is 11.4 Å². The summed E-state index contributed by atoms with van der Waals surface area (Å²) in [5.74, 6) is -1.21. The normalized spacial score (nSPS) is 10.3. The largest absolute Gasteiger partial charge is 0.497 e. The maximum absolute atomic E-state index is 10.4. The van der Waals surface area contributed by atoms with Gasteiger partial charge in [-0.2, -0.15) is 0 Å². The molecule has 0 spiro atoms. The molecule has 1 rings (SSSR count). The molecule has 0 aliphatic carbocycles. The molecular formula is C18H30N4O7. The summed E-state index contributed by atoms with van der Waals surface area (Å²) in [5, 5.41) is 40.2. The highest BCUT2D eigenvalue weighted by Gasteiger charge is 2.30. The SMILES string of the molecule is CCCCN(CCCC)CCCC.O=[N+]([O-])c1cc([N+](=O)[O-])c(O)c([N+](=O)[O-])c1. The van der Waals surface area contributed by atoms with Crippen molar-refractivity contribution in [3.05, 3.63) is 42.5 Å². The number of rotatable bonds is 12. The van der Waals surface area contributed by atoms with Gasteiger partial charge < -0.3 is 10.0 Å². The number of benzene rings is 1. The Balaban J connectivity index is 0.000000555. The number of nitro benzene ring substituents is 3. The van der Waals surface area contributed by atoms with Gasteiger partial charge in [0.05, 0.1) is 26.9 Å². The Kier molecular flexibility index (Phi) is 12.8. The molecule has 0 amide bonds. The molecule has 1 N–H and O–H groups in total. The van der Waals surface area contributed by atoms with Crippen molar-refractivity contribution >= 4 is 17.1 Å². The number of hydrogen-bond donors (Lipinski definition) is 1. The number of hydrogen-bond acceptors (Lipinski definition) is 8. The summed E-state index contributed by atoms with van der Waals surface area (Å²) in [5.41, 5.74) is -3.00. The van der Waals surface area contributed by atoms with Crippen molar-refractivity contribution in [3.63, 3.8) is 0 Å². The lowest BCUT2D eigenvalue weighted by atomic mass is 10.2. The van der Waals surface area contributed by atoms with Gasteiger partial charge in [0.25, 0.3) is 11.4 Å². The average molecular weight is 414 g/mol. The fourth-order valence-electron chi connectivity index (χ4n) is 2.45. The van der Waals surface area contributed by atoms with E-state index in [1.165, 1.54) is 58.2 Å². The molecule has 0 saturated carbocycles. The van der Waals surface area contributed by atoms with Gasteiger partial charge in [0.15, 0.2) is 0 Å². The zero-order chi connectivity index (χ0) is 22.4. The topological polar surface area (TPSA) is 153 Å². The third-order valence-electron chi connectivity index (χ3n) is 4.14. The molecule has 0 aliphatic rings. The van der Waals surface area contributed by atoms with E-state index < -0.39 is 37.6 Å². The minimum Gasteiger partial charge on any atom is -0.497 e. The van der Waals surface area contributed by atoms with Crippen LogP contribution in [-0.4, -0.2) is 44.4 Å². The molecular weight excluding hydrogens is 384 g/mol. The summed E-state index contributed by atoms with van der Waals surface area (Å²) >= 11 is 0. The highest BCUT2D eigenvalue weighted by atomic mass is 16.6. The molecule has 0 heterocycles. The lowest BCUT2D eigenvalue weighted by Crippen LogP contribution is -2.27. The Morgan fingerprint density at radius 2 is 1.10 bits per heavy atom. The molecule has 29 heavy (non-hydrogen) atoms. The number of phenolic OH excluding ortho intramolecular Hbond substituents is 1. The Morgan fingerprint density at radius 3 is 1.34 bits per heavy atom. The number of aromatic hydroxyl groups is 1. The van der Waals surface area contributed by atoms with Gasteiger partial charge in [0, 0.05) is 0 Å². The van der Waals surface area contributed by atoms with Crippen LogP contribution in [0.2, 0.25) is 0 Å². The molecule has 1 aromatic carbocycles. The minimum absolute atomic E-state index is 0.447. The van der Waals surface area contributed by atoms with E-state index in [1.54, 1.807) is 0 Å². The quantitative estimate of drug-likeness (QED) is 0.378. The highest BCUT2D eigenvalue weighted by molar-refractivity contribution is 5.64. The van der Waals surface area contributed by atoms with Gasteiger partial charge in [-0.05, 0) is 38.9 Å². The fourth-order valence-corrected chi connectivity index (χ4v) is 2.45. The molecule has 11 nitrogen and oxygen atoms in total. The van der Waals surface area contributed by atoms with Crippen LogP contribution in [0.4, 0.5) is 17.1 Å². The van der Waals surface area contributed by atoms with Crippen LogP contribution < -0.4 is 0 Å². The first-order chi connectivity index (χ1) is 13.7. The van der Waals surface area contributed by atoms with Crippen LogP contribution in [0, 0.1) is 30.3 Å². The summed E-state index contributed by atoms with van der Waals surface area (Å²) < 4.78 is 0. The van der Waals surface area contributed by atoms with Crippen LogP contribution in [-0.2, 0) is 0 Å². The van der Waals surface area contributed by atoms with Crippen LogP contribution in [0.3, 0.4) is 0 Å². The molecule has 164 valence electrons. The first-order valence-corrected chi connectivity index (χ1v) is 9.71. The van der Waals surface area contributed by atoms with Crippen molar-refractivity contribution in [1.29, 1.82) is 0 Å². The third kappa shape index (κ3) is 9.79. The highest BCUT2D eigenvalue weighted by Crippen LogP contribution is 2.38. The second-order valence-electron chi connectivity index (χ2n) is 6.51. The summed E-state index contributed by atoms with van der Waals surface area (Å²) in [6.07, 6.45) is 8.09. The number of nitro groups is 3. The van der Waals surface area contributed by atoms with Gasteiger partial charge in [-0.15, -0.1) is 0 Å². The predicted octanol–water partition coefficient (Wildman–Crippen LogP) is 4.81. The summed E-state index contributed by atoms with van der Waals surface area (Å²) in [6, 6.07) is 0.894. The van der Waals surface area contributed by atoms with Crippen molar-refractivity contribution in [2.24, 2.45) is 0 Å². The molecule has 0 fully saturated rings. The smallest absolute Gasteiger partial charge is 0.324 e. The fraction of sp³-hybridized carbons (Fsp3) is 0.667. The summed E-state index contributed by atoms with van der Waals surface area (Å²) in [4.78, 5) is 30.4. The molecule has 0 bridgehead atoms. The molecule has 0 aromatic heterocycles. The third-order valence-corrected chi connectivity index (χ3v) is 4.14. The maximum atomic E-state index is 10.4. The van der Waals surface area contributed by atoms with Crippen LogP contribution in [0.5, 0.6) is 5.75 Å². The zero-order valence-electron chi connectivity index (χ0n) is 17.2. The van der Waals surface area contributed by atoms with Gasteiger partial charge in [-0.25, -0.2) is 0 Å². The van der Waals surface area contributed by atoms with Crippen molar-refractivity contribution in [3.8, 4) is 5.75 Å². The number of non-ortho nitro benzene ring substituents is 1. The standard InChI is InChI=1S/C12H27N.C6H3N3O7/c1-4-7-10-13(11-8-5-2)12-9-6-3;10-6-4(8(13)14)1-3(7(11)12)2-5(6)9(15)16/h4-12H2,1-3H3;1-2,10H. The molecule has 11 heteroatoms. The first-order valence-electron chi connectivity index (χ1n) is 9.71. The molecule has 0 atom stereocenters. The minimum atomic E-state index is -1.21. The Bertz CT molecular complexity index is 628. The van der Waals surface area contributed by atoms with Crippen molar-refractivity contribution in [1.82, 2.24) is 4.90 Å². The van der Waals surface area contributed by atoms with Crippen molar-refractivity contribution in [2.75, 3.05) is 19.6 Å². The van der Waals surface area contributed by atoms with E-state index in [9.17, 15) is 30.3 Å². The second kappa shape index (κ2) is 14.2. The summed E-state index contributed by atoms with van der Waals surface area (Å²) in [6.45, 7) is 10.8. The predicted molar refractivity (Wildman–Crippen MR) is 109 cm³/mol. The van der Waals surface area contributed by atoms with Crippen molar-refractivity contribution in [2.45, 2.75) is 59.3 Å². The summed E-state index contributed by atoms with van der Waals surface area (Å²) in [7, 11) is 0. The second-order valence-corrected chi connectivity index (χ2v) is 6.51. The van der Waals surface area contributed by atoms with Gasteiger partial charge in [-0.3, -0.25) is 30.3 Å². The number of nitrogens with zero attached hydrogens (tertiary/aromatic N) is 4. The molecule has 0 unspecified atom stereocenters. The van der Waals surface area contributed by atoms with E-state index in [1.807, 2.05) is 0 Å². The molecule has 0 aliphatic heterocycles. The average Bonchev–Trinajstić information content (AvgIpc) is 2.67. The van der Waals surface area contributed by atoms with E-state index in [0.717, 1.165) is 0 Å². The first kappa shape index (κ1) is 26.2. The van der Waals surface area contributed by atoms with E-state index in [0.29, 0.717) is 12.1 Å². The van der Waals surface area contributed by atoms with E-state index >= 15 is 0 Å². The zero-order valence-corrected chi connectivity index (χ0v) is 17.2. The van der Waals surface area contributed by atoms with Crippen LogP contribution in [0.1, 0.15) is 59.3 Å². The van der Waals surface area contributed by atoms with Crippen LogP contribution >= 0.6 is 0 Å². The van der Waals surface area contributed by atoms with Crippen molar-refractivity contribution < 1.29 is 19.9 Å². The number of phenols is 1. The van der Waals surface area contributed by atoms with Crippen LogP contribution in [0.15, 0.2) is 12.1 Å². The lowest BCUT2D eigenvalue weighted by Gasteiger charge is -2.21. The Morgan fingerprint density at radius 1 is 0.759 bits per heavy atom. The maximum Gasteiger partial charge on any atom is 0.324 e. The molecule has 0 saturated heterocycles. The van der Waals surface area contributed by atoms with E-state index in [2.05, 4.69) is 25.7 Å². The van der Waals surface area contributed by atoms with Gasteiger partial charge in [-0.1, -0.05) is 40.0 Å². The van der Waals surface area contributed by atoms with Crippen LogP contribution in [0.25, 0.3) is 0 Å².